The van der Waals surface area contributed by atoms with E-state index in [4.69, 9.17) is 4.74 Å². The number of hydrogen-bond acceptors (Lipinski definition) is 4. The van der Waals surface area contributed by atoms with Gasteiger partial charge < -0.3 is 15.0 Å². The van der Waals surface area contributed by atoms with E-state index in [0.29, 0.717) is 19.6 Å². The third-order valence-corrected chi connectivity index (χ3v) is 5.55. The molecule has 1 aliphatic rings. The summed E-state index contributed by atoms with van der Waals surface area (Å²) < 4.78 is 68.5. The van der Waals surface area contributed by atoms with Gasteiger partial charge in [-0.05, 0) is 24.3 Å². The lowest BCUT2D eigenvalue weighted by Gasteiger charge is -2.23. The van der Waals surface area contributed by atoms with Crippen LogP contribution in [0.5, 0.6) is 0 Å². The molecule has 0 bridgehead atoms. The molecule has 1 fully saturated rings. The molecule has 0 aliphatic carbocycles. The minimum absolute atomic E-state index is 0.0471. The Bertz CT molecular complexity index is 717. The van der Waals surface area contributed by atoms with Gasteiger partial charge in [-0.1, -0.05) is 0 Å². The smallest absolute Gasteiger partial charge is 0.370 e. The summed E-state index contributed by atoms with van der Waals surface area (Å²) in [6.07, 6.45) is -3.84. The van der Waals surface area contributed by atoms with Crippen LogP contribution in [0.1, 0.15) is 16.8 Å². The SMILES string of the molecule is O=C(NCC(F)(F)F)c1ccc(S(=O)(=O)NCCC[NH+]2CCOCC2)cc1. The highest BCUT2D eigenvalue weighted by atomic mass is 32.2. The van der Waals surface area contributed by atoms with Crippen molar-refractivity contribution in [3.8, 4) is 0 Å². The van der Waals surface area contributed by atoms with Crippen molar-refractivity contribution in [2.75, 3.05) is 45.9 Å². The highest BCUT2D eigenvalue weighted by molar-refractivity contribution is 7.89. The second-order valence-corrected chi connectivity index (χ2v) is 7.95. The predicted octanol–water partition coefficient (Wildman–Crippen LogP) is -0.438. The summed E-state index contributed by atoms with van der Waals surface area (Å²) in [6, 6.07) is 4.74. The first-order chi connectivity index (χ1) is 12.7. The van der Waals surface area contributed by atoms with E-state index >= 15 is 0 Å². The van der Waals surface area contributed by atoms with Crippen LogP contribution >= 0.6 is 0 Å². The molecule has 1 amide bonds. The molecule has 27 heavy (non-hydrogen) atoms. The first-order valence-corrected chi connectivity index (χ1v) is 10.0. The van der Waals surface area contributed by atoms with Gasteiger partial charge in [0, 0.05) is 18.5 Å². The Morgan fingerprint density at radius 2 is 1.78 bits per heavy atom. The number of quaternary nitrogens is 1. The number of benzene rings is 1. The average molecular weight is 410 g/mol. The second-order valence-electron chi connectivity index (χ2n) is 6.19. The van der Waals surface area contributed by atoms with Crippen molar-refractivity contribution in [3.63, 3.8) is 0 Å². The van der Waals surface area contributed by atoms with Gasteiger partial charge in [0.1, 0.15) is 19.6 Å². The average Bonchev–Trinajstić information content (AvgIpc) is 2.64. The summed E-state index contributed by atoms with van der Waals surface area (Å²) in [6.45, 7) is 2.91. The molecular formula is C16H23F3N3O4S+. The number of sulfonamides is 1. The van der Waals surface area contributed by atoms with Gasteiger partial charge in [0.2, 0.25) is 10.0 Å². The third-order valence-electron chi connectivity index (χ3n) is 4.08. The van der Waals surface area contributed by atoms with E-state index in [1.54, 1.807) is 5.32 Å². The fraction of sp³-hybridized carbons (Fsp3) is 0.562. The number of carbonyl (C=O) groups excluding carboxylic acids is 1. The van der Waals surface area contributed by atoms with Gasteiger partial charge in [-0.2, -0.15) is 13.2 Å². The van der Waals surface area contributed by atoms with Crippen LogP contribution in [0.2, 0.25) is 0 Å². The molecule has 0 aromatic heterocycles. The van der Waals surface area contributed by atoms with Gasteiger partial charge in [0.15, 0.2) is 0 Å². The third kappa shape index (κ3) is 7.45. The molecule has 1 aromatic carbocycles. The fourth-order valence-electron chi connectivity index (χ4n) is 2.61. The Kier molecular flexibility index (Phi) is 7.59. The molecule has 0 unspecified atom stereocenters. The van der Waals surface area contributed by atoms with Crippen LogP contribution in [0.3, 0.4) is 0 Å². The summed E-state index contributed by atoms with van der Waals surface area (Å²) in [5.74, 6) is -0.919. The van der Waals surface area contributed by atoms with Crippen LogP contribution in [-0.4, -0.2) is 66.4 Å². The molecule has 1 heterocycles. The summed E-state index contributed by atoms with van der Waals surface area (Å²) in [5.41, 5.74) is -0.0471. The minimum atomic E-state index is -4.51. The van der Waals surface area contributed by atoms with Crippen molar-refractivity contribution in [1.82, 2.24) is 10.0 Å². The lowest BCUT2D eigenvalue weighted by Crippen LogP contribution is -3.14. The molecule has 152 valence electrons. The zero-order valence-electron chi connectivity index (χ0n) is 14.6. The molecule has 0 atom stereocenters. The molecule has 0 saturated carbocycles. The van der Waals surface area contributed by atoms with E-state index in [2.05, 4.69) is 4.72 Å². The Morgan fingerprint density at radius 1 is 1.15 bits per heavy atom. The highest BCUT2D eigenvalue weighted by Gasteiger charge is 2.28. The minimum Gasteiger partial charge on any atom is -0.370 e. The first-order valence-electron chi connectivity index (χ1n) is 8.53. The van der Waals surface area contributed by atoms with Crippen molar-refractivity contribution in [2.45, 2.75) is 17.5 Å². The highest BCUT2D eigenvalue weighted by Crippen LogP contribution is 2.14. The first kappa shape index (κ1) is 21.6. The van der Waals surface area contributed by atoms with Gasteiger partial charge in [0.05, 0.1) is 24.7 Å². The molecule has 3 N–H and O–H groups in total. The zero-order chi connectivity index (χ0) is 19.9. The van der Waals surface area contributed by atoms with Crippen molar-refractivity contribution in [1.29, 1.82) is 0 Å². The molecule has 1 aliphatic heterocycles. The van der Waals surface area contributed by atoms with Crippen LogP contribution in [0, 0.1) is 0 Å². The number of morpholine rings is 1. The van der Waals surface area contributed by atoms with Gasteiger partial charge in [-0.25, -0.2) is 13.1 Å². The van der Waals surface area contributed by atoms with Crippen LogP contribution in [-0.2, 0) is 14.8 Å². The number of hydrogen-bond donors (Lipinski definition) is 3. The number of halogens is 3. The number of nitrogens with one attached hydrogen (secondary N) is 3. The number of alkyl halides is 3. The summed E-state index contributed by atoms with van der Waals surface area (Å²) >= 11 is 0. The van der Waals surface area contributed by atoms with Crippen molar-refractivity contribution in [3.05, 3.63) is 29.8 Å². The van der Waals surface area contributed by atoms with Gasteiger partial charge in [0.25, 0.3) is 5.91 Å². The van der Waals surface area contributed by atoms with E-state index in [-0.39, 0.29) is 17.0 Å². The second kappa shape index (κ2) is 9.49. The fourth-order valence-corrected chi connectivity index (χ4v) is 3.68. The number of carbonyl (C=O) groups is 1. The van der Waals surface area contributed by atoms with E-state index in [1.165, 1.54) is 29.2 Å². The summed E-state index contributed by atoms with van der Waals surface area (Å²) in [7, 11) is -3.74. The van der Waals surface area contributed by atoms with E-state index < -0.39 is 28.7 Å². The molecular weight excluding hydrogens is 387 g/mol. The normalized spacial score (nSPS) is 16.3. The van der Waals surface area contributed by atoms with E-state index in [1.807, 2.05) is 0 Å². The quantitative estimate of drug-likeness (QED) is 0.507. The van der Waals surface area contributed by atoms with Gasteiger partial charge >= 0.3 is 6.18 Å². The number of ether oxygens (including phenoxy) is 1. The Balaban J connectivity index is 1.82. The molecule has 0 radical (unpaired) electrons. The van der Waals surface area contributed by atoms with Gasteiger partial charge in [-0.15, -0.1) is 0 Å². The van der Waals surface area contributed by atoms with E-state index in [0.717, 1.165) is 19.6 Å². The van der Waals surface area contributed by atoms with Crippen LogP contribution in [0.15, 0.2) is 29.2 Å². The predicted molar refractivity (Wildman–Crippen MR) is 91.0 cm³/mol. The molecule has 1 aromatic rings. The maximum Gasteiger partial charge on any atom is 0.405 e. The lowest BCUT2D eigenvalue weighted by atomic mass is 10.2. The van der Waals surface area contributed by atoms with Crippen LogP contribution in [0.4, 0.5) is 13.2 Å². The Hall–Kier alpha value is -1.69. The number of amides is 1. The molecule has 7 nitrogen and oxygen atoms in total. The molecule has 11 heteroatoms. The summed E-state index contributed by atoms with van der Waals surface area (Å²) in [5, 5.41) is 1.73. The monoisotopic (exact) mass is 410 g/mol. The Labute approximate surface area is 155 Å². The number of rotatable bonds is 8. The maximum absolute atomic E-state index is 12.2. The molecule has 1 saturated heterocycles. The standard InChI is InChI=1S/C16H22F3N3O4S/c17-16(18,19)12-20-15(23)13-2-4-14(5-3-13)27(24,25)21-6-1-7-22-8-10-26-11-9-22/h2-5,21H,1,6-12H2,(H,20,23)/p+1. The van der Waals surface area contributed by atoms with Crippen LogP contribution < -0.4 is 14.9 Å². The maximum atomic E-state index is 12.2. The van der Waals surface area contributed by atoms with Crippen molar-refractivity contribution < 1.29 is 36.0 Å². The van der Waals surface area contributed by atoms with Gasteiger partial charge in [-0.3, -0.25) is 4.79 Å². The lowest BCUT2D eigenvalue weighted by molar-refractivity contribution is -0.908. The molecule has 2 rings (SSSR count). The largest absolute Gasteiger partial charge is 0.405 e. The van der Waals surface area contributed by atoms with Crippen molar-refractivity contribution in [2.24, 2.45) is 0 Å². The Morgan fingerprint density at radius 3 is 2.37 bits per heavy atom. The van der Waals surface area contributed by atoms with Crippen LogP contribution in [0.25, 0.3) is 0 Å². The summed E-state index contributed by atoms with van der Waals surface area (Å²) in [4.78, 5) is 12.9. The molecule has 0 spiro atoms. The van der Waals surface area contributed by atoms with E-state index in [9.17, 15) is 26.4 Å². The topological polar surface area (TPSA) is 88.9 Å². The van der Waals surface area contributed by atoms with Crippen molar-refractivity contribution >= 4 is 15.9 Å². The zero-order valence-corrected chi connectivity index (χ0v) is 15.5.